The highest BCUT2D eigenvalue weighted by molar-refractivity contribution is 6.08. The predicted molar refractivity (Wildman–Crippen MR) is 238 cm³/mol. The summed E-state index contributed by atoms with van der Waals surface area (Å²) in [7, 11) is 0. The Morgan fingerprint density at radius 2 is 1.11 bits per heavy atom. The first kappa shape index (κ1) is 34.3. The van der Waals surface area contributed by atoms with Crippen LogP contribution in [0.3, 0.4) is 0 Å². The summed E-state index contributed by atoms with van der Waals surface area (Å²) in [5.41, 5.74) is 14.0. The number of anilines is 5. The van der Waals surface area contributed by atoms with Gasteiger partial charge in [-0.15, -0.1) is 0 Å². The molecule has 1 aliphatic rings. The zero-order valence-electron chi connectivity index (χ0n) is 32.0. The summed E-state index contributed by atoms with van der Waals surface area (Å²) >= 11 is 0. The highest BCUT2D eigenvalue weighted by Crippen LogP contribution is 2.50. The summed E-state index contributed by atoms with van der Waals surface area (Å²) in [5.74, 6) is 1.57. The number of rotatable bonds is 9. The first-order valence-electron chi connectivity index (χ1n) is 19.6. The maximum absolute atomic E-state index is 6.73. The monoisotopic (exact) mass is 738 g/mol. The van der Waals surface area contributed by atoms with Crippen LogP contribution in [0.1, 0.15) is 18.7 Å². The Morgan fingerprint density at radius 3 is 1.82 bits per heavy atom. The number of fused-ring (bicyclic) bond motifs is 4. The van der Waals surface area contributed by atoms with Crippen LogP contribution in [-0.2, 0) is 0 Å². The second-order valence-corrected chi connectivity index (χ2v) is 14.8. The molecular weight excluding hydrogens is 697 g/mol. The molecular formula is C52H42N4O. The lowest BCUT2D eigenvalue weighted by Crippen LogP contribution is -2.24. The minimum absolute atomic E-state index is 0.00120. The first-order valence-corrected chi connectivity index (χ1v) is 19.6. The first-order chi connectivity index (χ1) is 28.1. The number of para-hydroxylation sites is 4. The molecule has 0 saturated heterocycles. The fourth-order valence-corrected chi connectivity index (χ4v) is 8.43. The average molecular weight is 739 g/mol. The van der Waals surface area contributed by atoms with Crippen molar-refractivity contribution in [1.82, 2.24) is 4.57 Å². The van der Waals surface area contributed by atoms with Gasteiger partial charge in [-0.2, -0.15) is 0 Å². The second kappa shape index (κ2) is 14.4. The van der Waals surface area contributed by atoms with Gasteiger partial charge in [0.15, 0.2) is 0 Å². The molecule has 0 spiro atoms. The highest BCUT2D eigenvalue weighted by atomic mass is 16.5. The number of aromatic nitrogens is 1. The van der Waals surface area contributed by atoms with Crippen molar-refractivity contribution in [2.75, 3.05) is 21.8 Å². The van der Waals surface area contributed by atoms with E-state index in [4.69, 9.17) is 4.74 Å². The van der Waals surface area contributed by atoms with E-state index in [1.165, 1.54) is 49.8 Å². The summed E-state index contributed by atoms with van der Waals surface area (Å²) in [6, 6.07) is 68.9. The molecule has 1 aliphatic heterocycles. The Balaban J connectivity index is 1.01. The van der Waals surface area contributed by atoms with Crippen LogP contribution >= 0.6 is 0 Å². The van der Waals surface area contributed by atoms with Crippen LogP contribution in [0.5, 0.6) is 11.5 Å². The third-order valence-electron chi connectivity index (χ3n) is 11.1. The van der Waals surface area contributed by atoms with Crippen LogP contribution < -0.4 is 19.9 Å². The molecule has 0 saturated carbocycles. The van der Waals surface area contributed by atoms with Crippen LogP contribution in [0.4, 0.5) is 28.4 Å². The Labute approximate surface area is 333 Å². The van der Waals surface area contributed by atoms with E-state index >= 15 is 0 Å². The van der Waals surface area contributed by atoms with Crippen molar-refractivity contribution < 1.29 is 4.74 Å². The lowest BCUT2D eigenvalue weighted by Gasteiger charge is -2.27. The molecule has 5 heteroatoms. The normalized spacial score (nSPS) is 12.9. The van der Waals surface area contributed by atoms with E-state index in [1.54, 1.807) is 0 Å². The largest absolute Gasteiger partial charge is 0.457 e. The summed E-state index contributed by atoms with van der Waals surface area (Å²) < 4.78 is 9.10. The van der Waals surface area contributed by atoms with Crippen molar-refractivity contribution in [1.29, 1.82) is 0 Å². The van der Waals surface area contributed by atoms with Gasteiger partial charge in [-0.1, -0.05) is 133 Å². The Morgan fingerprint density at radius 1 is 0.509 bits per heavy atom. The lowest BCUT2D eigenvalue weighted by molar-refractivity contribution is 0.483. The smallest absolute Gasteiger partial charge is 0.129 e. The lowest BCUT2D eigenvalue weighted by atomic mass is 9.95. The van der Waals surface area contributed by atoms with Gasteiger partial charge in [0, 0.05) is 45.4 Å². The molecule has 0 aliphatic carbocycles. The van der Waals surface area contributed by atoms with Crippen LogP contribution in [0.15, 0.2) is 194 Å². The van der Waals surface area contributed by atoms with Crippen molar-refractivity contribution >= 4 is 50.2 Å². The second-order valence-electron chi connectivity index (χ2n) is 14.8. The molecule has 0 radical (unpaired) electrons. The van der Waals surface area contributed by atoms with Crippen LogP contribution in [0, 0.1) is 6.92 Å². The van der Waals surface area contributed by atoms with Crippen molar-refractivity contribution in [3.8, 4) is 33.8 Å². The van der Waals surface area contributed by atoms with E-state index in [0.717, 1.165) is 39.8 Å². The third kappa shape index (κ3) is 6.33. The predicted octanol–water partition coefficient (Wildman–Crippen LogP) is 14.1. The summed E-state index contributed by atoms with van der Waals surface area (Å²) in [6.07, 6.45) is 0.00120. The Kier molecular flexibility index (Phi) is 8.68. The molecule has 0 fully saturated rings. The van der Waals surface area contributed by atoms with E-state index < -0.39 is 0 Å². The molecule has 1 atom stereocenters. The number of hydrogen-bond acceptors (Lipinski definition) is 4. The van der Waals surface area contributed by atoms with E-state index in [1.807, 2.05) is 6.07 Å². The highest BCUT2D eigenvalue weighted by Gasteiger charge is 2.31. The number of nitrogens with zero attached hydrogens (tertiary/aromatic N) is 3. The van der Waals surface area contributed by atoms with Gasteiger partial charge >= 0.3 is 0 Å². The third-order valence-corrected chi connectivity index (χ3v) is 11.1. The van der Waals surface area contributed by atoms with Gasteiger partial charge in [0.2, 0.25) is 0 Å². The van der Waals surface area contributed by atoms with E-state index in [9.17, 15) is 0 Å². The number of benzene rings is 8. The topological polar surface area (TPSA) is 32.7 Å². The van der Waals surface area contributed by atoms with Gasteiger partial charge in [-0.05, 0) is 79.6 Å². The molecule has 1 aromatic heterocycles. The maximum atomic E-state index is 6.73. The Hall–Kier alpha value is -7.24. The molecule has 2 heterocycles. The molecule has 0 amide bonds. The quantitative estimate of drug-likeness (QED) is 0.160. The zero-order valence-corrected chi connectivity index (χ0v) is 32.0. The average Bonchev–Trinajstić information content (AvgIpc) is 3.81. The molecule has 1 N–H and O–H groups in total. The van der Waals surface area contributed by atoms with Gasteiger partial charge in [-0.3, -0.25) is 0 Å². The molecule has 10 rings (SSSR count). The van der Waals surface area contributed by atoms with Gasteiger partial charge in [0.25, 0.3) is 0 Å². The number of aryl methyl sites for hydroxylation is 1. The fourth-order valence-electron chi connectivity index (χ4n) is 8.43. The van der Waals surface area contributed by atoms with Gasteiger partial charge in [0.1, 0.15) is 24.3 Å². The molecule has 57 heavy (non-hydrogen) atoms. The van der Waals surface area contributed by atoms with Crippen molar-refractivity contribution in [3.63, 3.8) is 0 Å². The molecule has 276 valence electrons. The molecule has 1 unspecified atom stereocenters. The number of nitrogens with one attached hydrogen (secondary N) is 1. The van der Waals surface area contributed by atoms with Crippen LogP contribution in [0.2, 0.25) is 0 Å². The SMILES string of the molecule is Cc1ccc(NC(C)n2c3ccccc3c3ccc(Oc4cccc(N5CN(c6c(-c7ccccc7)cccc6-c6ccccc6)c6ccccc65)c4)cc32)cc1. The zero-order chi connectivity index (χ0) is 38.3. The molecule has 0 bridgehead atoms. The van der Waals surface area contributed by atoms with E-state index in [2.05, 4.69) is 222 Å². The number of ether oxygens (including phenoxy) is 1. The van der Waals surface area contributed by atoms with Crippen molar-refractivity contribution in [3.05, 3.63) is 200 Å². The number of hydrogen-bond donors (Lipinski definition) is 1. The van der Waals surface area contributed by atoms with Crippen molar-refractivity contribution in [2.24, 2.45) is 0 Å². The molecule has 5 nitrogen and oxygen atoms in total. The van der Waals surface area contributed by atoms with Crippen molar-refractivity contribution in [2.45, 2.75) is 20.0 Å². The minimum Gasteiger partial charge on any atom is -0.457 e. The molecule has 8 aromatic carbocycles. The summed E-state index contributed by atoms with van der Waals surface area (Å²) in [6.45, 7) is 4.97. The van der Waals surface area contributed by atoms with Gasteiger partial charge in [-0.25, -0.2) is 0 Å². The fraction of sp³-hybridized carbons (Fsp3) is 0.0769. The van der Waals surface area contributed by atoms with Crippen LogP contribution in [0.25, 0.3) is 44.1 Å². The molecule has 9 aromatic rings. The Bertz CT molecular complexity index is 2810. The van der Waals surface area contributed by atoms with Gasteiger partial charge in [0.05, 0.1) is 28.1 Å². The van der Waals surface area contributed by atoms with E-state index in [0.29, 0.717) is 6.67 Å². The minimum atomic E-state index is 0.00120. The van der Waals surface area contributed by atoms with Gasteiger partial charge < -0.3 is 24.4 Å². The summed E-state index contributed by atoms with van der Waals surface area (Å²) in [4.78, 5) is 4.85. The summed E-state index contributed by atoms with van der Waals surface area (Å²) in [5, 5.41) is 6.15. The van der Waals surface area contributed by atoms with Crippen LogP contribution in [-0.4, -0.2) is 11.2 Å². The standard InChI is InChI=1S/C52H42N4O/c1-36-27-29-40(30-28-36)53-37(2)56-48-24-10-9-21-46(48)47-32-31-43(34-51(47)56)57-42-20-13-19-41(33-42)54-35-55(50-26-12-11-25-49(50)54)52-44(38-15-5-3-6-16-38)22-14-23-45(52)39-17-7-4-8-18-39/h3-34,37,53H,35H2,1-2H3. The maximum Gasteiger partial charge on any atom is 0.129 e. The van der Waals surface area contributed by atoms with E-state index in [-0.39, 0.29) is 6.17 Å².